The fourth-order valence-corrected chi connectivity index (χ4v) is 6.24. The van der Waals surface area contributed by atoms with E-state index in [0.29, 0.717) is 29.7 Å². The number of amides is 2. The zero-order valence-electron chi connectivity index (χ0n) is 22.0. The maximum absolute atomic E-state index is 14.9. The van der Waals surface area contributed by atoms with Gasteiger partial charge in [-0.2, -0.15) is 0 Å². The van der Waals surface area contributed by atoms with E-state index in [1.165, 1.54) is 30.3 Å². The zero-order valence-corrected chi connectivity index (χ0v) is 23.5. The van der Waals surface area contributed by atoms with Gasteiger partial charge < -0.3 is 26.2 Å². The Hall–Kier alpha value is -2.30. The molecule has 11 heteroatoms. The molecule has 1 saturated heterocycles. The van der Waals surface area contributed by atoms with Crippen molar-refractivity contribution in [2.24, 2.45) is 5.41 Å². The van der Waals surface area contributed by atoms with Gasteiger partial charge in [0.25, 0.3) is 0 Å². The van der Waals surface area contributed by atoms with Gasteiger partial charge in [-0.3, -0.25) is 9.59 Å². The molecule has 1 spiro atoms. The standard InChI is InChI=1S/C28H33Cl2F2N3O4/c1-27(2,3)12-22-28(16-10-20(32)18(30)11-21(16)34-26(28)39)23(14-6-7-19(31)17(29)9-14)24(35-22)25(38)33-8-4-5-15(37)13-36/h6-7,9-11,15,22-24,35-37H,4-5,8,12-13H2,1-3H3,(H,33,38)(H,34,39)/t15-,22+,23-,24+,28-/m0/s1. The van der Waals surface area contributed by atoms with Gasteiger partial charge in [0.15, 0.2) is 0 Å². The van der Waals surface area contributed by atoms with Crippen molar-refractivity contribution in [2.45, 2.75) is 69.6 Å². The summed E-state index contributed by atoms with van der Waals surface area (Å²) in [6.45, 7) is 5.85. The summed E-state index contributed by atoms with van der Waals surface area (Å²) in [5, 5.41) is 27.4. The number of fused-ring (bicyclic) bond motifs is 2. The van der Waals surface area contributed by atoms with Gasteiger partial charge in [-0.25, -0.2) is 8.78 Å². The molecule has 5 N–H and O–H groups in total. The van der Waals surface area contributed by atoms with Gasteiger partial charge >= 0.3 is 0 Å². The molecule has 2 aliphatic rings. The summed E-state index contributed by atoms with van der Waals surface area (Å²) >= 11 is 12.2. The lowest BCUT2D eigenvalue weighted by Gasteiger charge is -2.37. The average Bonchev–Trinajstić information content (AvgIpc) is 3.33. The first-order valence-electron chi connectivity index (χ1n) is 12.9. The van der Waals surface area contributed by atoms with Crippen LogP contribution in [0, 0.1) is 17.0 Å². The van der Waals surface area contributed by atoms with Crippen LogP contribution >= 0.6 is 23.2 Å². The van der Waals surface area contributed by atoms with E-state index in [9.17, 15) is 23.5 Å². The Labute approximate surface area is 236 Å². The predicted molar refractivity (Wildman–Crippen MR) is 146 cm³/mol. The summed E-state index contributed by atoms with van der Waals surface area (Å²) in [5.74, 6) is -3.07. The van der Waals surface area contributed by atoms with E-state index >= 15 is 0 Å². The SMILES string of the molecule is CC(C)(C)C[C@H]1N[C@@H](C(=O)NCCC[C@H](O)CO)[C@H](c2ccc(F)c(Cl)c2)[C@@]12C(=O)Nc1cc(Cl)c(F)cc12. The molecule has 0 radical (unpaired) electrons. The number of hydrogen-bond acceptors (Lipinski definition) is 5. The lowest BCUT2D eigenvalue weighted by Crippen LogP contribution is -2.49. The number of aliphatic hydroxyl groups is 2. The predicted octanol–water partition coefficient (Wildman–Crippen LogP) is 4.27. The zero-order chi connectivity index (χ0) is 28.7. The van der Waals surface area contributed by atoms with Crippen molar-refractivity contribution in [3.63, 3.8) is 0 Å². The smallest absolute Gasteiger partial charge is 0.237 e. The Balaban J connectivity index is 1.85. The number of nitrogens with one attached hydrogen (secondary N) is 3. The molecule has 7 nitrogen and oxygen atoms in total. The molecular formula is C28H33Cl2F2N3O4. The topological polar surface area (TPSA) is 111 Å². The maximum Gasteiger partial charge on any atom is 0.237 e. The molecule has 4 rings (SSSR count). The highest BCUT2D eigenvalue weighted by molar-refractivity contribution is 6.31. The van der Waals surface area contributed by atoms with Crippen LogP contribution in [0.2, 0.25) is 10.0 Å². The van der Waals surface area contributed by atoms with Crippen LogP contribution in [0.15, 0.2) is 30.3 Å². The largest absolute Gasteiger partial charge is 0.394 e. The molecule has 0 bridgehead atoms. The molecule has 2 aromatic rings. The molecule has 2 amide bonds. The van der Waals surface area contributed by atoms with E-state index in [-0.39, 0.29) is 35.0 Å². The first-order chi connectivity index (χ1) is 18.3. The quantitative estimate of drug-likeness (QED) is 0.298. The number of rotatable bonds is 8. The molecule has 0 aliphatic carbocycles. The Bertz CT molecular complexity index is 1270. The second-order valence-corrected chi connectivity index (χ2v) is 12.3. The van der Waals surface area contributed by atoms with Gasteiger partial charge in [0.05, 0.1) is 28.8 Å². The van der Waals surface area contributed by atoms with Gasteiger partial charge in [-0.1, -0.05) is 50.0 Å². The number of halogens is 4. The molecule has 2 heterocycles. The monoisotopic (exact) mass is 583 g/mol. The highest BCUT2D eigenvalue weighted by Crippen LogP contribution is 2.57. The molecule has 0 aromatic heterocycles. The van der Waals surface area contributed by atoms with Crippen molar-refractivity contribution < 1.29 is 28.6 Å². The maximum atomic E-state index is 14.9. The Morgan fingerprint density at radius 1 is 1.15 bits per heavy atom. The van der Waals surface area contributed by atoms with E-state index in [0.717, 1.165) is 0 Å². The van der Waals surface area contributed by atoms with E-state index in [1.54, 1.807) is 0 Å². The summed E-state index contributed by atoms with van der Waals surface area (Å²) in [6, 6.07) is 5.11. The van der Waals surface area contributed by atoms with Crippen LogP contribution in [-0.2, 0) is 15.0 Å². The summed E-state index contributed by atoms with van der Waals surface area (Å²) in [6.07, 6.45) is 0.261. The van der Waals surface area contributed by atoms with E-state index < -0.39 is 53.0 Å². The first-order valence-corrected chi connectivity index (χ1v) is 13.6. The second kappa shape index (κ2) is 11.3. The lowest BCUT2D eigenvalue weighted by molar-refractivity contribution is -0.123. The Morgan fingerprint density at radius 2 is 1.85 bits per heavy atom. The van der Waals surface area contributed by atoms with Crippen LogP contribution in [0.5, 0.6) is 0 Å². The fourth-order valence-electron chi connectivity index (χ4n) is 5.89. The van der Waals surface area contributed by atoms with Crippen LogP contribution in [0.1, 0.15) is 57.1 Å². The summed E-state index contributed by atoms with van der Waals surface area (Å²) < 4.78 is 29.1. The molecule has 2 aliphatic heterocycles. The highest BCUT2D eigenvalue weighted by atomic mass is 35.5. The molecule has 212 valence electrons. The van der Waals surface area contributed by atoms with Gasteiger partial charge in [0.1, 0.15) is 17.0 Å². The molecular weight excluding hydrogens is 551 g/mol. The third-order valence-corrected chi connectivity index (χ3v) is 8.09. The molecule has 1 fully saturated rings. The summed E-state index contributed by atoms with van der Waals surface area (Å²) in [4.78, 5) is 27.7. The van der Waals surface area contributed by atoms with Crippen LogP contribution < -0.4 is 16.0 Å². The molecule has 0 saturated carbocycles. The minimum atomic E-state index is -1.44. The number of carbonyl (C=O) groups is 2. The van der Waals surface area contributed by atoms with Gasteiger partial charge in [-0.05, 0) is 60.1 Å². The molecule has 5 atom stereocenters. The van der Waals surface area contributed by atoms with Crippen LogP contribution in [-0.4, -0.2) is 53.4 Å². The van der Waals surface area contributed by atoms with Crippen molar-refractivity contribution >= 4 is 40.7 Å². The third kappa shape index (κ3) is 5.65. The Morgan fingerprint density at radius 3 is 2.49 bits per heavy atom. The Kier molecular flexibility index (Phi) is 8.59. The van der Waals surface area contributed by atoms with Crippen molar-refractivity contribution in [3.05, 3.63) is 63.1 Å². The molecule has 39 heavy (non-hydrogen) atoms. The molecule has 0 unspecified atom stereocenters. The van der Waals surface area contributed by atoms with Crippen molar-refractivity contribution in [2.75, 3.05) is 18.5 Å². The minimum absolute atomic E-state index is 0.148. The van der Waals surface area contributed by atoms with Crippen molar-refractivity contribution in [3.8, 4) is 0 Å². The van der Waals surface area contributed by atoms with Crippen LogP contribution in [0.4, 0.5) is 14.5 Å². The fraction of sp³-hybridized carbons (Fsp3) is 0.500. The normalized spacial score (nSPS) is 25.1. The van der Waals surface area contributed by atoms with E-state index in [4.69, 9.17) is 28.3 Å². The number of carbonyl (C=O) groups excluding carboxylic acids is 2. The van der Waals surface area contributed by atoms with Crippen LogP contribution in [0.3, 0.4) is 0 Å². The lowest BCUT2D eigenvalue weighted by atomic mass is 9.62. The van der Waals surface area contributed by atoms with Crippen LogP contribution in [0.25, 0.3) is 0 Å². The van der Waals surface area contributed by atoms with Gasteiger partial charge in [0, 0.05) is 24.2 Å². The summed E-state index contributed by atoms with van der Waals surface area (Å²) in [5.41, 5.74) is -0.577. The third-order valence-electron chi connectivity index (χ3n) is 7.51. The first kappa shape index (κ1) is 29.7. The highest BCUT2D eigenvalue weighted by Gasteiger charge is 2.65. The minimum Gasteiger partial charge on any atom is -0.394 e. The average molecular weight is 584 g/mol. The number of anilines is 1. The van der Waals surface area contributed by atoms with Gasteiger partial charge in [-0.15, -0.1) is 0 Å². The van der Waals surface area contributed by atoms with Gasteiger partial charge in [0.2, 0.25) is 11.8 Å². The number of benzene rings is 2. The number of aliphatic hydroxyl groups excluding tert-OH is 2. The summed E-state index contributed by atoms with van der Waals surface area (Å²) in [7, 11) is 0. The number of hydrogen-bond donors (Lipinski definition) is 5. The van der Waals surface area contributed by atoms with E-state index in [1.807, 2.05) is 20.8 Å². The van der Waals surface area contributed by atoms with E-state index in [2.05, 4.69) is 16.0 Å². The van der Waals surface area contributed by atoms with Crippen molar-refractivity contribution in [1.82, 2.24) is 10.6 Å². The van der Waals surface area contributed by atoms with Crippen molar-refractivity contribution in [1.29, 1.82) is 0 Å². The molecule has 2 aromatic carbocycles. The second-order valence-electron chi connectivity index (χ2n) is 11.5.